The number of ether oxygens (including phenoxy) is 1. The number of aromatic nitrogens is 2. The van der Waals surface area contributed by atoms with E-state index in [1.165, 1.54) is 0 Å². The Kier molecular flexibility index (Phi) is 3.27. The summed E-state index contributed by atoms with van der Waals surface area (Å²) in [7, 11) is 0. The molecule has 0 aromatic carbocycles. The van der Waals surface area contributed by atoms with Gasteiger partial charge in [-0.05, 0) is 13.3 Å². The van der Waals surface area contributed by atoms with Gasteiger partial charge in [0, 0.05) is 0 Å². The molecule has 0 amide bonds. The molecule has 1 aromatic heterocycles. The van der Waals surface area contributed by atoms with Crippen LogP contribution in [0.1, 0.15) is 19.5 Å². The van der Waals surface area contributed by atoms with Gasteiger partial charge in [-0.3, -0.25) is 4.98 Å². The van der Waals surface area contributed by atoms with Crippen molar-refractivity contribution in [2.24, 2.45) is 0 Å². The summed E-state index contributed by atoms with van der Waals surface area (Å²) in [4.78, 5) is 8.19. The van der Waals surface area contributed by atoms with Gasteiger partial charge in [0.05, 0.1) is 18.1 Å². The molecule has 13 heavy (non-hydrogen) atoms. The third-order valence-electron chi connectivity index (χ3n) is 1.58. The SMILES string of the molecule is C#C[C@H](C)Oc1cnc(CC)cn1. The molecule has 0 radical (unpaired) electrons. The van der Waals surface area contributed by atoms with Gasteiger partial charge in [0.25, 0.3) is 0 Å². The smallest absolute Gasteiger partial charge is 0.233 e. The fraction of sp³-hybridized carbons (Fsp3) is 0.400. The van der Waals surface area contributed by atoms with Crippen molar-refractivity contribution in [2.75, 3.05) is 0 Å². The van der Waals surface area contributed by atoms with E-state index in [2.05, 4.69) is 15.9 Å². The summed E-state index contributed by atoms with van der Waals surface area (Å²) in [5, 5.41) is 0. The number of hydrogen-bond acceptors (Lipinski definition) is 3. The highest BCUT2D eigenvalue weighted by Crippen LogP contribution is 2.06. The lowest BCUT2D eigenvalue weighted by atomic mass is 10.4. The summed E-state index contributed by atoms with van der Waals surface area (Å²) in [5.74, 6) is 2.93. The zero-order chi connectivity index (χ0) is 9.68. The van der Waals surface area contributed by atoms with Gasteiger partial charge in [0.1, 0.15) is 0 Å². The first-order chi connectivity index (χ1) is 6.26. The Morgan fingerprint density at radius 2 is 2.31 bits per heavy atom. The molecule has 0 spiro atoms. The first-order valence-corrected chi connectivity index (χ1v) is 4.20. The molecule has 1 aromatic rings. The average molecular weight is 176 g/mol. The van der Waals surface area contributed by atoms with Crippen molar-refractivity contribution >= 4 is 0 Å². The van der Waals surface area contributed by atoms with Crippen LogP contribution in [0.3, 0.4) is 0 Å². The van der Waals surface area contributed by atoms with Crippen molar-refractivity contribution in [3.63, 3.8) is 0 Å². The molecule has 0 aliphatic heterocycles. The summed E-state index contributed by atoms with van der Waals surface area (Å²) < 4.78 is 5.25. The van der Waals surface area contributed by atoms with Crippen LogP contribution in [0.15, 0.2) is 12.4 Å². The Morgan fingerprint density at radius 3 is 2.77 bits per heavy atom. The van der Waals surface area contributed by atoms with E-state index in [-0.39, 0.29) is 6.10 Å². The first kappa shape index (κ1) is 9.53. The van der Waals surface area contributed by atoms with Gasteiger partial charge in [0.15, 0.2) is 6.10 Å². The molecule has 0 N–H and O–H groups in total. The molecule has 0 unspecified atom stereocenters. The van der Waals surface area contributed by atoms with Gasteiger partial charge in [-0.1, -0.05) is 12.8 Å². The predicted molar refractivity (Wildman–Crippen MR) is 50.3 cm³/mol. The molecule has 3 heteroatoms. The first-order valence-electron chi connectivity index (χ1n) is 4.20. The Bertz CT molecular complexity index is 300. The van der Waals surface area contributed by atoms with Crippen molar-refractivity contribution in [2.45, 2.75) is 26.4 Å². The van der Waals surface area contributed by atoms with Crippen LogP contribution in [0.2, 0.25) is 0 Å². The fourth-order valence-corrected chi connectivity index (χ4v) is 0.802. The Hall–Kier alpha value is -1.56. The number of aryl methyl sites for hydroxylation is 1. The van der Waals surface area contributed by atoms with E-state index in [4.69, 9.17) is 11.2 Å². The van der Waals surface area contributed by atoms with Crippen LogP contribution in [0.5, 0.6) is 5.88 Å². The topological polar surface area (TPSA) is 35.0 Å². The predicted octanol–water partition coefficient (Wildman–Crippen LogP) is 1.44. The Balaban J connectivity index is 2.65. The third-order valence-corrected chi connectivity index (χ3v) is 1.58. The third kappa shape index (κ3) is 2.75. The van der Waals surface area contributed by atoms with Gasteiger partial charge >= 0.3 is 0 Å². The summed E-state index contributed by atoms with van der Waals surface area (Å²) >= 11 is 0. The summed E-state index contributed by atoms with van der Waals surface area (Å²) in [6.07, 6.45) is 9.05. The van der Waals surface area contributed by atoms with Crippen molar-refractivity contribution < 1.29 is 4.74 Å². The van der Waals surface area contributed by atoms with Crippen molar-refractivity contribution in [3.8, 4) is 18.2 Å². The van der Waals surface area contributed by atoms with Crippen LogP contribution in [0, 0.1) is 12.3 Å². The van der Waals surface area contributed by atoms with Crippen LogP contribution in [0.4, 0.5) is 0 Å². The molecule has 1 atom stereocenters. The van der Waals surface area contributed by atoms with Crippen LogP contribution in [0.25, 0.3) is 0 Å². The van der Waals surface area contributed by atoms with Gasteiger partial charge in [-0.2, -0.15) is 0 Å². The molecule has 0 saturated heterocycles. The van der Waals surface area contributed by atoms with E-state index in [0.717, 1.165) is 12.1 Å². The molecule has 0 aliphatic rings. The summed E-state index contributed by atoms with van der Waals surface area (Å²) in [5.41, 5.74) is 0.945. The highest BCUT2D eigenvalue weighted by atomic mass is 16.5. The standard InChI is InChI=1S/C10H12N2O/c1-4-8(3)13-10-7-11-9(5-2)6-12-10/h1,6-8H,5H2,2-3H3/t8-/m0/s1. The van der Waals surface area contributed by atoms with Crippen molar-refractivity contribution in [3.05, 3.63) is 18.1 Å². The molecule has 0 fully saturated rings. The second-order valence-electron chi connectivity index (χ2n) is 2.63. The van der Waals surface area contributed by atoms with E-state index < -0.39 is 0 Å². The van der Waals surface area contributed by atoms with Crippen molar-refractivity contribution in [1.82, 2.24) is 9.97 Å². The maximum atomic E-state index is 5.25. The molecule has 3 nitrogen and oxygen atoms in total. The number of rotatable bonds is 3. The summed E-state index contributed by atoms with van der Waals surface area (Å²) in [6.45, 7) is 3.81. The lowest BCUT2D eigenvalue weighted by molar-refractivity contribution is 0.266. The monoisotopic (exact) mass is 176 g/mol. The lowest BCUT2D eigenvalue weighted by Crippen LogP contribution is -2.09. The Morgan fingerprint density at radius 1 is 1.54 bits per heavy atom. The van der Waals surface area contributed by atoms with E-state index in [1.54, 1.807) is 19.3 Å². The second kappa shape index (κ2) is 4.46. The summed E-state index contributed by atoms with van der Waals surface area (Å²) in [6, 6.07) is 0. The molecule has 0 aliphatic carbocycles. The fourth-order valence-electron chi connectivity index (χ4n) is 0.802. The average Bonchev–Trinajstić information content (AvgIpc) is 2.19. The zero-order valence-corrected chi connectivity index (χ0v) is 7.82. The molecule has 1 rings (SSSR count). The molecule has 0 saturated carbocycles. The largest absolute Gasteiger partial charge is 0.460 e. The van der Waals surface area contributed by atoms with Crippen LogP contribution in [-0.4, -0.2) is 16.1 Å². The van der Waals surface area contributed by atoms with Crippen LogP contribution in [-0.2, 0) is 6.42 Å². The maximum Gasteiger partial charge on any atom is 0.233 e. The highest BCUT2D eigenvalue weighted by molar-refractivity contribution is 5.09. The molecule has 1 heterocycles. The highest BCUT2D eigenvalue weighted by Gasteiger charge is 2.00. The van der Waals surface area contributed by atoms with Gasteiger partial charge in [-0.15, -0.1) is 6.42 Å². The quantitative estimate of drug-likeness (QED) is 0.654. The van der Waals surface area contributed by atoms with Crippen LogP contribution >= 0.6 is 0 Å². The minimum absolute atomic E-state index is 0.262. The zero-order valence-electron chi connectivity index (χ0n) is 7.82. The Labute approximate surface area is 78.2 Å². The van der Waals surface area contributed by atoms with Gasteiger partial charge in [0.2, 0.25) is 5.88 Å². The molecular formula is C10H12N2O. The lowest BCUT2D eigenvalue weighted by Gasteiger charge is -2.06. The molecular weight excluding hydrogens is 164 g/mol. The van der Waals surface area contributed by atoms with Gasteiger partial charge in [-0.25, -0.2) is 4.98 Å². The van der Waals surface area contributed by atoms with Gasteiger partial charge < -0.3 is 4.74 Å². The van der Waals surface area contributed by atoms with E-state index in [1.807, 2.05) is 6.92 Å². The van der Waals surface area contributed by atoms with E-state index in [9.17, 15) is 0 Å². The normalized spacial score (nSPS) is 11.8. The number of terminal acetylenes is 1. The van der Waals surface area contributed by atoms with E-state index >= 15 is 0 Å². The number of hydrogen-bond donors (Lipinski definition) is 0. The molecule has 0 bridgehead atoms. The minimum Gasteiger partial charge on any atom is -0.460 e. The molecule has 68 valence electrons. The maximum absolute atomic E-state index is 5.25. The van der Waals surface area contributed by atoms with E-state index in [0.29, 0.717) is 5.88 Å². The second-order valence-corrected chi connectivity index (χ2v) is 2.63. The number of nitrogens with zero attached hydrogens (tertiary/aromatic N) is 2. The van der Waals surface area contributed by atoms with Crippen LogP contribution < -0.4 is 4.74 Å². The van der Waals surface area contributed by atoms with Crippen molar-refractivity contribution in [1.29, 1.82) is 0 Å². The minimum atomic E-state index is -0.262.